The molecule has 1 heterocycles. The summed E-state index contributed by atoms with van der Waals surface area (Å²) in [5.41, 5.74) is 2.45. The van der Waals surface area contributed by atoms with E-state index in [-0.39, 0.29) is 5.56 Å². The quantitative estimate of drug-likeness (QED) is 0.876. The van der Waals surface area contributed by atoms with Crippen molar-refractivity contribution in [2.45, 2.75) is 13.3 Å². The summed E-state index contributed by atoms with van der Waals surface area (Å²) in [5, 5.41) is 9.99. The summed E-state index contributed by atoms with van der Waals surface area (Å²) < 4.78 is 26.8. The number of benzene rings is 1. The average Bonchev–Trinajstić information content (AvgIpc) is 2.71. The van der Waals surface area contributed by atoms with Crippen molar-refractivity contribution >= 4 is 0 Å². The first-order valence-electron chi connectivity index (χ1n) is 5.77. The summed E-state index contributed by atoms with van der Waals surface area (Å²) in [6.45, 7) is 2.66. The minimum absolute atomic E-state index is 0.194. The predicted molar refractivity (Wildman–Crippen MR) is 66.3 cm³/mol. The number of aromatic nitrogens is 2. The smallest absolute Gasteiger partial charge is 0.132 e. The van der Waals surface area contributed by atoms with Gasteiger partial charge in [0.25, 0.3) is 0 Å². The fourth-order valence-electron chi connectivity index (χ4n) is 1.87. The largest absolute Gasteiger partial charge is 0.319 e. The van der Waals surface area contributed by atoms with Crippen molar-refractivity contribution in [1.82, 2.24) is 15.5 Å². The Morgan fingerprint density at radius 2 is 2.11 bits per heavy atom. The molecule has 0 saturated carbocycles. The monoisotopic (exact) mass is 251 g/mol. The average molecular weight is 251 g/mol. The molecule has 0 aliphatic heterocycles. The number of hydrogen-bond donors (Lipinski definition) is 2. The number of hydrogen-bond acceptors (Lipinski definition) is 2. The van der Waals surface area contributed by atoms with Gasteiger partial charge in [0.05, 0.1) is 5.69 Å². The second-order valence-electron chi connectivity index (χ2n) is 4.15. The zero-order valence-electron chi connectivity index (χ0n) is 10.3. The lowest BCUT2D eigenvalue weighted by molar-refractivity contribution is 0.602. The van der Waals surface area contributed by atoms with Crippen molar-refractivity contribution in [2.75, 3.05) is 13.6 Å². The Kier molecular flexibility index (Phi) is 3.72. The van der Waals surface area contributed by atoms with Gasteiger partial charge in [0.15, 0.2) is 0 Å². The summed E-state index contributed by atoms with van der Waals surface area (Å²) in [7, 11) is 1.86. The topological polar surface area (TPSA) is 40.7 Å². The van der Waals surface area contributed by atoms with Gasteiger partial charge in [-0.15, -0.1) is 0 Å². The standard InChI is InChI=1S/C13H15F2N3/c1-8-12(5-6-16-2)17-18-13(8)10-7-9(14)3-4-11(10)15/h3-4,7,16H,5-6H2,1-2H3,(H,17,18). The Morgan fingerprint density at radius 1 is 1.33 bits per heavy atom. The lowest BCUT2D eigenvalue weighted by Crippen LogP contribution is -2.11. The molecule has 0 saturated heterocycles. The SMILES string of the molecule is CNCCc1[nH]nc(-c2cc(F)ccc2F)c1C. The van der Waals surface area contributed by atoms with Gasteiger partial charge in [-0.05, 0) is 37.7 Å². The van der Waals surface area contributed by atoms with Crippen molar-refractivity contribution < 1.29 is 8.78 Å². The first-order chi connectivity index (χ1) is 8.63. The molecule has 0 aliphatic rings. The second kappa shape index (κ2) is 5.27. The Bertz CT molecular complexity index is 549. The van der Waals surface area contributed by atoms with Crippen LogP contribution < -0.4 is 5.32 Å². The number of halogens is 2. The van der Waals surface area contributed by atoms with Crippen LogP contribution in [0.2, 0.25) is 0 Å². The number of rotatable bonds is 4. The Morgan fingerprint density at radius 3 is 2.83 bits per heavy atom. The van der Waals surface area contributed by atoms with E-state index in [0.29, 0.717) is 5.69 Å². The molecule has 3 nitrogen and oxygen atoms in total. The molecule has 1 aromatic heterocycles. The maximum absolute atomic E-state index is 13.7. The number of nitrogens with zero attached hydrogens (tertiary/aromatic N) is 1. The maximum atomic E-state index is 13.7. The Labute approximate surface area is 104 Å². The fourth-order valence-corrected chi connectivity index (χ4v) is 1.87. The maximum Gasteiger partial charge on any atom is 0.132 e. The van der Waals surface area contributed by atoms with Crippen LogP contribution in [0.5, 0.6) is 0 Å². The highest BCUT2D eigenvalue weighted by atomic mass is 19.1. The van der Waals surface area contributed by atoms with Crippen LogP contribution in [0.15, 0.2) is 18.2 Å². The van der Waals surface area contributed by atoms with Gasteiger partial charge in [-0.25, -0.2) is 8.78 Å². The van der Waals surface area contributed by atoms with Crippen molar-refractivity contribution in [3.05, 3.63) is 41.1 Å². The molecule has 5 heteroatoms. The van der Waals surface area contributed by atoms with E-state index >= 15 is 0 Å². The molecule has 0 unspecified atom stereocenters. The number of nitrogens with one attached hydrogen (secondary N) is 2. The fraction of sp³-hybridized carbons (Fsp3) is 0.308. The lowest BCUT2D eigenvalue weighted by atomic mass is 10.1. The number of aromatic amines is 1. The van der Waals surface area contributed by atoms with Crippen LogP contribution in [-0.4, -0.2) is 23.8 Å². The molecule has 0 aliphatic carbocycles. The molecule has 2 aromatic rings. The zero-order valence-corrected chi connectivity index (χ0v) is 10.3. The van der Waals surface area contributed by atoms with Gasteiger partial charge in [-0.3, -0.25) is 5.10 Å². The molecule has 0 atom stereocenters. The molecule has 0 amide bonds. The van der Waals surface area contributed by atoms with Crippen molar-refractivity contribution in [1.29, 1.82) is 0 Å². The van der Waals surface area contributed by atoms with E-state index in [0.717, 1.165) is 36.4 Å². The summed E-state index contributed by atoms with van der Waals surface area (Å²) in [6.07, 6.45) is 0.770. The third kappa shape index (κ3) is 2.41. The van der Waals surface area contributed by atoms with Gasteiger partial charge in [0.1, 0.15) is 11.6 Å². The second-order valence-corrected chi connectivity index (χ2v) is 4.15. The third-order valence-corrected chi connectivity index (χ3v) is 2.92. The van der Waals surface area contributed by atoms with E-state index in [4.69, 9.17) is 0 Å². The molecule has 0 fully saturated rings. The highest BCUT2D eigenvalue weighted by molar-refractivity contribution is 5.64. The Balaban J connectivity index is 2.39. The zero-order chi connectivity index (χ0) is 13.1. The van der Waals surface area contributed by atoms with Gasteiger partial charge in [-0.2, -0.15) is 5.10 Å². The van der Waals surface area contributed by atoms with Gasteiger partial charge in [0.2, 0.25) is 0 Å². The molecular formula is C13H15F2N3. The highest BCUT2D eigenvalue weighted by Crippen LogP contribution is 2.26. The minimum atomic E-state index is -0.467. The molecule has 1 aromatic carbocycles. The minimum Gasteiger partial charge on any atom is -0.319 e. The van der Waals surface area contributed by atoms with Gasteiger partial charge >= 0.3 is 0 Å². The van der Waals surface area contributed by atoms with Gasteiger partial charge in [-0.1, -0.05) is 0 Å². The molecular weight excluding hydrogens is 236 g/mol. The normalized spacial score (nSPS) is 10.9. The highest BCUT2D eigenvalue weighted by Gasteiger charge is 2.14. The van der Waals surface area contributed by atoms with E-state index in [1.807, 2.05) is 14.0 Å². The lowest BCUT2D eigenvalue weighted by Gasteiger charge is -2.02. The summed E-state index contributed by atoms with van der Waals surface area (Å²) >= 11 is 0. The van der Waals surface area contributed by atoms with E-state index in [9.17, 15) is 8.78 Å². The van der Waals surface area contributed by atoms with Crippen LogP contribution in [0.25, 0.3) is 11.3 Å². The molecule has 0 radical (unpaired) electrons. The Hall–Kier alpha value is -1.75. The molecule has 0 bridgehead atoms. The van der Waals surface area contributed by atoms with Gasteiger partial charge < -0.3 is 5.32 Å². The van der Waals surface area contributed by atoms with Gasteiger partial charge in [0, 0.05) is 24.2 Å². The molecule has 96 valence electrons. The number of likely N-dealkylation sites (N-methyl/N-ethyl adjacent to an activating group) is 1. The third-order valence-electron chi connectivity index (χ3n) is 2.92. The van der Waals surface area contributed by atoms with E-state index in [1.54, 1.807) is 0 Å². The summed E-state index contributed by atoms with van der Waals surface area (Å²) in [6, 6.07) is 3.38. The molecule has 2 N–H and O–H groups in total. The summed E-state index contributed by atoms with van der Waals surface area (Å²) in [5.74, 6) is -0.934. The van der Waals surface area contributed by atoms with Crippen molar-refractivity contribution in [3.8, 4) is 11.3 Å². The van der Waals surface area contributed by atoms with Crippen LogP contribution in [0.4, 0.5) is 8.78 Å². The van der Waals surface area contributed by atoms with Crippen LogP contribution in [0.1, 0.15) is 11.3 Å². The molecule has 18 heavy (non-hydrogen) atoms. The summed E-state index contributed by atoms with van der Waals surface area (Å²) in [4.78, 5) is 0. The predicted octanol–water partition coefficient (Wildman–Crippen LogP) is 2.43. The van der Waals surface area contributed by atoms with Crippen LogP contribution in [0, 0.1) is 18.6 Å². The molecule has 2 rings (SSSR count). The van der Waals surface area contributed by atoms with E-state index in [2.05, 4.69) is 15.5 Å². The van der Waals surface area contributed by atoms with Crippen LogP contribution in [-0.2, 0) is 6.42 Å². The van der Waals surface area contributed by atoms with Crippen LogP contribution in [0.3, 0.4) is 0 Å². The van der Waals surface area contributed by atoms with Crippen molar-refractivity contribution in [2.24, 2.45) is 0 Å². The van der Waals surface area contributed by atoms with E-state index in [1.165, 1.54) is 6.07 Å². The first kappa shape index (κ1) is 12.7. The number of H-pyrrole nitrogens is 1. The van der Waals surface area contributed by atoms with E-state index < -0.39 is 11.6 Å². The first-order valence-corrected chi connectivity index (χ1v) is 5.77. The van der Waals surface area contributed by atoms with Crippen LogP contribution >= 0.6 is 0 Å². The van der Waals surface area contributed by atoms with Crippen molar-refractivity contribution in [3.63, 3.8) is 0 Å². The molecule has 0 spiro atoms.